The van der Waals surface area contributed by atoms with E-state index >= 15 is 0 Å². The van der Waals surface area contributed by atoms with E-state index in [4.69, 9.17) is 5.10 Å². The molecule has 0 spiro atoms. The smallest absolute Gasteiger partial charge is 0.0801 e. The molecule has 0 saturated carbocycles. The van der Waals surface area contributed by atoms with Gasteiger partial charge in [0.05, 0.1) is 11.8 Å². The van der Waals surface area contributed by atoms with Crippen LogP contribution in [-0.4, -0.2) is 17.8 Å². The number of nitrogens with zero attached hydrogens (tertiary/aromatic N) is 2. The summed E-state index contributed by atoms with van der Waals surface area (Å²) in [5, 5.41) is 7.01. The van der Waals surface area contributed by atoms with Crippen molar-refractivity contribution < 1.29 is 0 Å². The summed E-state index contributed by atoms with van der Waals surface area (Å²) in [6.45, 7) is 0. The minimum Gasteiger partial charge on any atom is -0.292 e. The number of fused-ring (bicyclic) bond motifs is 3. The first-order valence-electron chi connectivity index (χ1n) is 7.29. The number of hydrogen-bond acceptors (Lipinski definition) is 2. The third kappa shape index (κ3) is 1.68. The first kappa shape index (κ1) is 11.7. The molecule has 0 fully saturated rings. The Balaban J connectivity index is 1.77. The van der Waals surface area contributed by atoms with Gasteiger partial charge in [0, 0.05) is 18.5 Å². The molecule has 1 aliphatic heterocycles. The minimum absolute atomic E-state index is 0.388. The monoisotopic (exact) mass is 262 g/mol. The van der Waals surface area contributed by atoms with Crippen molar-refractivity contribution >= 4 is 5.71 Å². The predicted molar refractivity (Wildman–Crippen MR) is 81.7 cm³/mol. The van der Waals surface area contributed by atoms with Gasteiger partial charge in [-0.3, -0.25) is 5.01 Å². The van der Waals surface area contributed by atoms with E-state index in [9.17, 15) is 0 Å². The van der Waals surface area contributed by atoms with Gasteiger partial charge >= 0.3 is 0 Å². The normalized spacial score (nSPS) is 24.1. The zero-order valence-electron chi connectivity index (χ0n) is 11.7. The maximum atomic E-state index is 4.86. The molecular formula is C18H18N2. The SMILES string of the molecule is CN1N=C2c3ccccc3CC[C@H]2[C@H]1c1ccccc1. The molecule has 2 aliphatic rings. The first-order chi connectivity index (χ1) is 9.84. The zero-order chi connectivity index (χ0) is 13.5. The number of rotatable bonds is 1. The lowest BCUT2D eigenvalue weighted by Crippen LogP contribution is -2.27. The van der Waals surface area contributed by atoms with Gasteiger partial charge in [-0.05, 0) is 24.0 Å². The second-order valence-electron chi connectivity index (χ2n) is 5.72. The zero-order valence-corrected chi connectivity index (χ0v) is 11.7. The van der Waals surface area contributed by atoms with E-state index in [0.717, 1.165) is 6.42 Å². The number of hydrazone groups is 1. The highest BCUT2D eigenvalue weighted by Crippen LogP contribution is 2.42. The van der Waals surface area contributed by atoms with E-state index in [1.807, 2.05) is 0 Å². The molecule has 4 rings (SSSR count). The average molecular weight is 262 g/mol. The fourth-order valence-corrected chi connectivity index (χ4v) is 3.66. The Kier molecular flexibility index (Phi) is 2.62. The van der Waals surface area contributed by atoms with Crippen LogP contribution >= 0.6 is 0 Å². The van der Waals surface area contributed by atoms with Crippen LogP contribution in [0, 0.1) is 5.92 Å². The molecule has 100 valence electrons. The Morgan fingerprint density at radius 2 is 1.75 bits per heavy atom. The summed E-state index contributed by atoms with van der Waals surface area (Å²) >= 11 is 0. The molecule has 2 heteroatoms. The van der Waals surface area contributed by atoms with E-state index in [0.29, 0.717) is 12.0 Å². The summed E-state index contributed by atoms with van der Waals surface area (Å²) in [4.78, 5) is 0. The van der Waals surface area contributed by atoms with Crippen LogP contribution in [0.2, 0.25) is 0 Å². The molecule has 2 atom stereocenters. The van der Waals surface area contributed by atoms with Crippen molar-refractivity contribution in [3.63, 3.8) is 0 Å². The van der Waals surface area contributed by atoms with Crippen molar-refractivity contribution in [1.82, 2.24) is 5.01 Å². The number of benzene rings is 2. The summed E-state index contributed by atoms with van der Waals surface area (Å²) in [6, 6.07) is 19.9. The van der Waals surface area contributed by atoms with Gasteiger partial charge in [-0.2, -0.15) is 5.10 Å². The van der Waals surface area contributed by atoms with Crippen LogP contribution in [0.3, 0.4) is 0 Å². The molecule has 0 radical (unpaired) electrons. The lowest BCUT2D eigenvalue weighted by atomic mass is 9.77. The average Bonchev–Trinajstić information content (AvgIpc) is 2.84. The summed E-state index contributed by atoms with van der Waals surface area (Å²) < 4.78 is 0. The van der Waals surface area contributed by atoms with Gasteiger partial charge in [-0.15, -0.1) is 0 Å². The Bertz CT molecular complexity index is 660. The van der Waals surface area contributed by atoms with E-state index in [-0.39, 0.29) is 0 Å². The highest BCUT2D eigenvalue weighted by atomic mass is 15.5. The third-order valence-corrected chi connectivity index (χ3v) is 4.56. The largest absolute Gasteiger partial charge is 0.292 e. The second kappa shape index (κ2) is 4.48. The van der Waals surface area contributed by atoms with Crippen molar-refractivity contribution in [2.75, 3.05) is 7.05 Å². The summed E-state index contributed by atoms with van der Waals surface area (Å²) in [6.07, 6.45) is 2.36. The van der Waals surface area contributed by atoms with Crippen LogP contribution in [0.15, 0.2) is 59.7 Å². The molecule has 2 nitrogen and oxygen atoms in total. The van der Waals surface area contributed by atoms with E-state index in [1.165, 1.54) is 28.8 Å². The molecule has 0 saturated heterocycles. The summed E-state index contributed by atoms with van der Waals surface area (Å²) in [5.74, 6) is 0.525. The first-order valence-corrected chi connectivity index (χ1v) is 7.29. The van der Waals surface area contributed by atoms with Crippen LogP contribution in [0.1, 0.15) is 29.2 Å². The van der Waals surface area contributed by atoms with Gasteiger partial charge in [0.1, 0.15) is 0 Å². The van der Waals surface area contributed by atoms with Crippen LogP contribution in [0.4, 0.5) is 0 Å². The quantitative estimate of drug-likeness (QED) is 0.766. The van der Waals surface area contributed by atoms with Crippen molar-refractivity contribution in [3.05, 3.63) is 71.3 Å². The van der Waals surface area contributed by atoms with E-state index in [1.54, 1.807) is 0 Å². The molecular weight excluding hydrogens is 244 g/mol. The summed E-state index contributed by atoms with van der Waals surface area (Å²) in [5.41, 5.74) is 5.46. The molecule has 1 aliphatic carbocycles. The fraction of sp³-hybridized carbons (Fsp3) is 0.278. The topological polar surface area (TPSA) is 15.6 Å². The highest BCUT2D eigenvalue weighted by Gasteiger charge is 2.39. The van der Waals surface area contributed by atoms with Gasteiger partial charge < -0.3 is 0 Å². The van der Waals surface area contributed by atoms with Crippen LogP contribution < -0.4 is 0 Å². The molecule has 1 heterocycles. The number of hydrogen-bond donors (Lipinski definition) is 0. The second-order valence-corrected chi connectivity index (χ2v) is 5.72. The Hall–Kier alpha value is -2.09. The molecule has 2 aromatic carbocycles. The van der Waals surface area contributed by atoms with Gasteiger partial charge in [0.2, 0.25) is 0 Å². The van der Waals surface area contributed by atoms with Crippen molar-refractivity contribution in [2.24, 2.45) is 11.0 Å². The predicted octanol–water partition coefficient (Wildman–Crippen LogP) is 3.64. The third-order valence-electron chi connectivity index (χ3n) is 4.56. The van der Waals surface area contributed by atoms with Crippen molar-refractivity contribution in [3.8, 4) is 0 Å². The van der Waals surface area contributed by atoms with Gasteiger partial charge in [0.15, 0.2) is 0 Å². The Labute approximate surface area is 119 Å². The van der Waals surface area contributed by atoms with Gasteiger partial charge in [-0.1, -0.05) is 54.6 Å². The molecule has 0 N–H and O–H groups in total. The molecule has 0 amide bonds. The lowest BCUT2D eigenvalue weighted by Gasteiger charge is -2.28. The van der Waals surface area contributed by atoms with E-state index < -0.39 is 0 Å². The van der Waals surface area contributed by atoms with Gasteiger partial charge in [-0.25, -0.2) is 0 Å². The van der Waals surface area contributed by atoms with Crippen molar-refractivity contribution in [2.45, 2.75) is 18.9 Å². The maximum Gasteiger partial charge on any atom is 0.0801 e. The van der Waals surface area contributed by atoms with Crippen LogP contribution in [-0.2, 0) is 6.42 Å². The Morgan fingerprint density at radius 1 is 1.00 bits per heavy atom. The van der Waals surface area contributed by atoms with Crippen LogP contribution in [0.25, 0.3) is 0 Å². The van der Waals surface area contributed by atoms with E-state index in [2.05, 4.69) is 66.7 Å². The molecule has 2 aromatic rings. The summed E-state index contributed by atoms with van der Waals surface area (Å²) in [7, 11) is 2.10. The molecule has 0 unspecified atom stereocenters. The van der Waals surface area contributed by atoms with Gasteiger partial charge in [0.25, 0.3) is 0 Å². The molecule has 0 bridgehead atoms. The highest BCUT2D eigenvalue weighted by molar-refractivity contribution is 6.05. The molecule has 0 aromatic heterocycles. The Morgan fingerprint density at radius 3 is 2.60 bits per heavy atom. The maximum absolute atomic E-state index is 4.86. The van der Waals surface area contributed by atoms with Crippen molar-refractivity contribution in [1.29, 1.82) is 0 Å². The minimum atomic E-state index is 0.388. The molecule has 20 heavy (non-hydrogen) atoms. The van der Waals surface area contributed by atoms with Crippen LogP contribution in [0.5, 0.6) is 0 Å². The number of aryl methyl sites for hydroxylation is 1. The fourth-order valence-electron chi connectivity index (χ4n) is 3.66. The lowest BCUT2D eigenvalue weighted by molar-refractivity contribution is 0.244. The standard InChI is InChI=1S/C18H18N2/c1-20-18(14-8-3-2-4-9-14)16-12-11-13-7-5-6-10-15(13)17(16)19-20/h2-10,16,18H,11-12H2,1H3/t16-,18-/m1/s1.